The van der Waals surface area contributed by atoms with Gasteiger partial charge in [-0.2, -0.15) is 0 Å². The minimum atomic E-state index is -1.53. The van der Waals surface area contributed by atoms with Gasteiger partial charge in [-0.1, -0.05) is 54.6 Å². The number of benzene rings is 3. The van der Waals surface area contributed by atoms with Crippen LogP contribution < -0.4 is 15.9 Å². The Kier molecular flexibility index (Phi) is 7.79. The zero-order valence-corrected chi connectivity index (χ0v) is 15.7. The van der Waals surface area contributed by atoms with Gasteiger partial charge in [0.05, 0.1) is 6.16 Å². The molecule has 0 unspecified atom stereocenters. The molecular weight excluding hydrogens is 342 g/mol. The van der Waals surface area contributed by atoms with Gasteiger partial charge in [-0.25, -0.2) is 0 Å². The van der Waals surface area contributed by atoms with Crippen LogP contribution in [0.1, 0.15) is 6.92 Å². The van der Waals surface area contributed by atoms with E-state index in [-0.39, 0.29) is 24.8 Å². The van der Waals surface area contributed by atoms with Crippen LogP contribution in [0, 0.1) is 0 Å². The van der Waals surface area contributed by atoms with Crippen molar-refractivity contribution in [2.45, 2.75) is 6.92 Å². The largest absolute Gasteiger partial charge is 0.147 e. The Morgan fingerprint density at radius 2 is 0.783 bits per heavy atom. The average Bonchev–Trinajstić information content (AvgIpc) is 2.59. The van der Waals surface area contributed by atoms with Gasteiger partial charge in [0.15, 0.2) is 0 Å². The van der Waals surface area contributed by atoms with Gasteiger partial charge in [0, 0.05) is 0 Å². The highest BCUT2D eigenvalue weighted by atomic mass is 35.5. The van der Waals surface area contributed by atoms with E-state index in [1.807, 2.05) is 0 Å². The third-order valence-corrected chi connectivity index (χ3v) is 8.55. The van der Waals surface area contributed by atoms with Crippen molar-refractivity contribution in [1.29, 1.82) is 0 Å². The van der Waals surface area contributed by atoms with Crippen LogP contribution in [0.15, 0.2) is 91.0 Å². The zero-order valence-electron chi connectivity index (χ0n) is 13.1. The summed E-state index contributed by atoms with van der Waals surface area (Å²) < 4.78 is 0. The van der Waals surface area contributed by atoms with E-state index in [1.54, 1.807) is 0 Å². The summed E-state index contributed by atoms with van der Waals surface area (Å²) in [6.07, 6.45) is 1.14. The molecule has 0 aromatic heterocycles. The minimum absolute atomic E-state index is 0. The molecule has 0 spiro atoms. The van der Waals surface area contributed by atoms with E-state index >= 15 is 0 Å². The van der Waals surface area contributed by atoms with Crippen LogP contribution in [0.3, 0.4) is 0 Å². The van der Waals surface area contributed by atoms with Crippen LogP contribution in [0.25, 0.3) is 0 Å². The standard InChI is InChI=1S/C20H20P.2ClH/c1-2-21(18-12-6-3-7-13-18,19-14-8-4-9-15-19)20-16-10-5-11-17-20;;/h3-17H,2H2,1H3;2*1H/q+1;;. The van der Waals surface area contributed by atoms with Gasteiger partial charge in [-0.05, 0) is 43.3 Å². The number of hydrogen-bond donors (Lipinski definition) is 0. The molecule has 0 bridgehead atoms. The van der Waals surface area contributed by atoms with Gasteiger partial charge in [0.25, 0.3) is 0 Å². The summed E-state index contributed by atoms with van der Waals surface area (Å²) in [4.78, 5) is 0. The van der Waals surface area contributed by atoms with Crippen molar-refractivity contribution in [3.63, 3.8) is 0 Å². The highest BCUT2D eigenvalue weighted by molar-refractivity contribution is 7.95. The first-order valence-electron chi connectivity index (χ1n) is 7.43. The molecule has 3 aromatic carbocycles. The summed E-state index contributed by atoms with van der Waals surface area (Å²) in [7, 11) is -1.53. The quantitative estimate of drug-likeness (QED) is 0.581. The summed E-state index contributed by atoms with van der Waals surface area (Å²) in [5.74, 6) is 0. The Bertz CT molecular complexity index is 588. The molecule has 0 N–H and O–H groups in total. The fourth-order valence-corrected chi connectivity index (χ4v) is 7.08. The van der Waals surface area contributed by atoms with Gasteiger partial charge in [0.1, 0.15) is 23.2 Å². The Balaban J connectivity index is 0.00000132. The SMILES string of the molecule is CC[P+](c1ccccc1)(c1ccccc1)c1ccccc1.Cl.Cl. The van der Waals surface area contributed by atoms with E-state index in [4.69, 9.17) is 0 Å². The lowest BCUT2D eigenvalue weighted by atomic mass is 10.4. The molecule has 0 heterocycles. The van der Waals surface area contributed by atoms with Crippen molar-refractivity contribution in [3.8, 4) is 0 Å². The second-order valence-corrected chi connectivity index (χ2v) is 8.93. The van der Waals surface area contributed by atoms with Crippen LogP contribution in [0.2, 0.25) is 0 Å². The lowest BCUT2D eigenvalue weighted by Crippen LogP contribution is -2.32. The van der Waals surface area contributed by atoms with E-state index in [1.165, 1.54) is 15.9 Å². The molecule has 0 nitrogen and oxygen atoms in total. The third-order valence-electron chi connectivity index (χ3n) is 4.07. The third kappa shape index (κ3) is 3.78. The Labute approximate surface area is 152 Å². The lowest BCUT2D eigenvalue weighted by molar-refractivity contribution is 1.48. The fraction of sp³-hybridized carbons (Fsp3) is 0.100. The highest BCUT2D eigenvalue weighted by Gasteiger charge is 2.43. The molecule has 0 fully saturated rings. The fourth-order valence-electron chi connectivity index (χ4n) is 3.04. The number of rotatable bonds is 4. The summed E-state index contributed by atoms with van der Waals surface area (Å²) >= 11 is 0. The zero-order chi connectivity index (χ0) is 14.5. The van der Waals surface area contributed by atoms with Gasteiger partial charge in [-0.15, -0.1) is 24.8 Å². The molecule has 0 amide bonds. The Morgan fingerprint density at radius 1 is 0.522 bits per heavy atom. The van der Waals surface area contributed by atoms with Crippen molar-refractivity contribution < 1.29 is 0 Å². The van der Waals surface area contributed by atoms with Gasteiger partial charge < -0.3 is 0 Å². The molecule has 3 rings (SSSR count). The van der Waals surface area contributed by atoms with Crippen LogP contribution in [0.5, 0.6) is 0 Å². The highest BCUT2D eigenvalue weighted by Crippen LogP contribution is 2.54. The maximum atomic E-state index is 2.32. The first kappa shape index (κ1) is 19.7. The predicted molar refractivity (Wildman–Crippen MR) is 110 cm³/mol. The van der Waals surface area contributed by atoms with Crippen molar-refractivity contribution in [3.05, 3.63) is 91.0 Å². The van der Waals surface area contributed by atoms with Crippen molar-refractivity contribution >= 4 is 48.0 Å². The van der Waals surface area contributed by atoms with E-state index in [0.29, 0.717) is 0 Å². The summed E-state index contributed by atoms with van der Waals surface area (Å²) in [5.41, 5.74) is 0. The minimum Gasteiger partial charge on any atom is -0.147 e. The van der Waals surface area contributed by atoms with Crippen LogP contribution in [-0.4, -0.2) is 6.16 Å². The van der Waals surface area contributed by atoms with E-state index in [0.717, 1.165) is 6.16 Å². The maximum absolute atomic E-state index is 2.32. The van der Waals surface area contributed by atoms with E-state index in [9.17, 15) is 0 Å². The van der Waals surface area contributed by atoms with Gasteiger partial charge in [0.2, 0.25) is 0 Å². The van der Waals surface area contributed by atoms with Crippen molar-refractivity contribution in [1.82, 2.24) is 0 Å². The molecule has 0 radical (unpaired) electrons. The summed E-state index contributed by atoms with van der Waals surface area (Å²) in [6.45, 7) is 2.32. The molecule has 3 aromatic rings. The average molecular weight is 364 g/mol. The molecular formula is C20H22Cl2P+. The second kappa shape index (κ2) is 9.08. The molecule has 23 heavy (non-hydrogen) atoms. The normalized spacial score (nSPS) is 10.3. The topological polar surface area (TPSA) is 0 Å². The monoisotopic (exact) mass is 363 g/mol. The molecule has 0 aliphatic carbocycles. The molecule has 0 aliphatic heterocycles. The van der Waals surface area contributed by atoms with Crippen LogP contribution >= 0.6 is 32.1 Å². The van der Waals surface area contributed by atoms with Gasteiger partial charge in [-0.3, -0.25) is 0 Å². The number of hydrogen-bond acceptors (Lipinski definition) is 0. The molecule has 0 atom stereocenters. The van der Waals surface area contributed by atoms with Crippen molar-refractivity contribution in [2.75, 3.05) is 6.16 Å². The summed E-state index contributed by atoms with van der Waals surface area (Å²) in [5, 5.41) is 4.39. The second-order valence-electron chi connectivity index (χ2n) is 5.13. The molecule has 120 valence electrons. The van der Waals surface area contributed by atoms with Gasteiger partial charge >= 0.3 is 0 Å². The number of halogens is 2. The first-order valence-corrected chi connectivity index (χ1v) is 9.40. The molecule has 0 saturated carbocycles. The van der Waals surface area contributed by atoms with E-state index < -0.39 is 7.26 Å². The smallest absolute Gasteiger partial charge is 0.111 e. The Hall–Kier alpha value is -1.33. The molecule has 3 heteroatoms. The maximum Gasteiger partial charge on any atom is 0.111 e. The molecule has 0 aliphatic rings. The van der Waals surface area contributed by atoms with Crippen LogP contribution in [-0.2, 0) is 0 Å². The predicted octanol–water partition coefficient (Wildman–Crippen LogP) is 4.84. The van der Waals surface area contributed by atoms with Crippen molar-refractivity contribution in [2.24, 2.45) is 0 Å². The Morgan fingerprint density at radius 3 is 1.00 bits per heavy atom. The summed E-state index contributed by atoms with van der Waals surface area (Å²) in [6, 6.07) is 33.0. The van der Waals surface area contributed by atoms with E-state index in [2.05, 4.69) is 97.9 Å². The van der Waals surface area contributed by atoms with Crippen LogP contribution in [0.4, 0.5) is 0 Å². The first-order chi connectivity index (χ1) is 10.4. The lowest BCUT2D eigenvalue weighted by Gasteiger charge is -2.26. The molecule has 0 saturated heterocycles.